The van der Waals surface area contributed by atoms with E-state index in [4.69, 9.17) is 0 Å². The van der Waals surface area contributed by atoms with Gasteiger partial charge < -0.3 is 24.8 Å². The van der Waals surface area contributed by atoms with Crippen molar-refractivity contribution in [3.05, 3.63) is 41.7 Å². The van der Waals surface area contributed by atoms with Gasteiger partial charge in [-0.15, -0.1) is 0 Å². The Labute approximate surface area is 126 Å². The van der Waals surface area contributed by atoms with Gasteiger partial charge in [0.15, 0.2) is 0 Å². The van der Waals surface area contributed by atoms with Gasteiger partial charge in [-0.3, -0.25) is 0 Å². The van der Waals surface area contributed by atoms with E-state index >= 15 is 0 Å². The topological polar surface area (TPSA) is 43.6 Å². The maximum atomic E-state index is 4.08. The molecule has 17 heavy (non-hydrogen) atoms. The molecule has 1 aromatic carbocycles. The number of hydrogen-bond acceptors (Lipinski definition) is 3. The average Bonchev–Trinajstić information content (AvgIpc) is 2.87. The summed E-state index contributed by atoms with van der Waals surface area (Å²) in [5, 5.41) is 11.8. The van der Waals surface area contributed by atoms with Crippen molar-refractivity contribution in [1.82, 2.24) is 20.2 Å². The molecule has 1 aromatic heterocycles. The molecular formula is C10H7Cl2HfN4. The first-order valence-electron chi connectivity index (χ1n) is 4.61. The van der Waals surface area contributed by atoms with Gasteiger partial charge in [0.25, 0.3) is 0 Å². The minimum absolute atomic E-state index is 0. The number of fused-ring (bicyclic) bond motifs is 1. The van der Waals surface area contributed by atoms with Crippen molar-refractivity contribution >= 4 is 11.8 Å². The van der Waals surface area contributed by atoms with Crippen LogP contribution in [0.25, 0.3) is 11.8 Å². The van der Waals surface area contributed by atoms with Crippen molar-refractivity contribution in [2.24, 2.45) is 0 Å². The molecule has 1 unspecified atom stereocenters. The fourth-order valence-electron chi connectivity index (χ4n) is 1.77. The summed E-state index contributed by atoms with van der Waals surface area (Å²) in [4.78, 5) is 1.62. The number of allylic oxidation sites excluding steroid dienone is 1. The molecule has 0 amide bonds. The molecule has 3 rings (SSSR count). The number of hydrogen-bond donors (Lipinski definition) is 0. The van der Waals surface area contributed by atoms with Gasteiger partial charge in [-0.05, 0) is 0 Å². The molecule has 1 aliphatic rings. The van der Waals surface area contributed by atoms with Crippen molar-refractivity contribution < 1.29 is 49.2 Å². The molecule has 0 radical (unpaired) electrons. The molecule has 0 saturated heterocycles. The van der Waals surface area contributed by atoms with Crippen LogP contribution in [0.1, 0.15) is 14.8 Å². The van der Waals surface area contributed by atoms with Crippen LogP contribution in [0.3, 0.4) is 0 Å². The van der Waals surface area contributed by atoms with Crippen LogP contribution in [0.5, 0.6) is 0 Å². The predicted octanol–water partition coefficient (Wildman–Crippen LogP) is -4.72. The van der Waals surface area contributed by atoms with Crippen molar-refractivity contribution in [3.63, 3.8) is 0 Å². The van der Waals surface area contributed by atoms with E-state index in [0.717, 1.165) is 30.1 Å². The Morgan fingerprint density at radius 3 is 2.59 bits per heavy atom. The summed E-state index contributed by atoms with van der Waals surface area (Å²) in [5.74, 6) is 0. The van der Waals surface area contributed by atoms with Gasteiger partial charge in [-0.2, -0.15) is 0 Å². The molecule has 0 N–H and O–H groups in total. The Kier molecular flexibility index (Phi) is 5.04. The first-order chi connectivity index (χ1) is 7.36. The zero-order chi connectivity index (χ0) is 10.3. The number of aromatic nitrogens is 4. The Hall–Kier alpha value is -0.520. The molecular weight excluding hydrogens is 426 g/mol. The molecule has 2 aromatic rings. The number of halogens is 2. The van der Waals surface area contributed by atoms with Gasteiger partial charge in [-0.1, -0.05) is 0 Å². The number of nitrogens with zero attached hydrogens (tertiary/aromatic N) is 4. The third-order valence-corrected chi connectivity index (χ3v) is 4.67. The van der Waals surface area contributed by atoms with E-state index in [1.165, 1.54) is 17.5 Å². The van der Waals surface area contributed by atoms with E-state index in [0.29, 0.717) is 3.67 Å². The fraction of sp³-hybridized carbons (Fsp3) is 0.100. The second kappa shape index (κ2) is 5.89. The molecule has 0 saturated carbocycles. The van der Waals surface area contributed by atoms with E-state index in [-0.39, 0.29) is 24.8 Å². The third-order valence-electron chi connectivity index (χ3n) is 2.49. The summed E-state index contributed by atoms with van der Waals surface area (Å²) in [5.41, 5.74) is 3.81. The van der Waals surface area contributed by atoms with Crippen molar-refractivity contribution in [3.8, 4) is 0 Å². The SMILES string of the molecule is [Cl-].[Cl-].[Hf+2][CH]1C(n2ncnn2)=Cc2ccccc21. The van der Waals surface area contributed by atoms with Crippen molar-refractivity contribution in [2.45, 2.75) is 3.67 Å². The van der Waals surface area contributed by atoms with Crippen LogP contribution in [-0.4, -0.2) is 20.2 Å². The summed E-state index contributed by atoms with van der Waals surface area (Å²) >= 11 is 1.06. The monoisotopic (exact) mass is 433 g/mol. The number of benzene rings is 1. The number of tetrazole rings is 1. The Bertz CT molecular complexity index is 527. The predicted molar refractivity (Wildman–Crippen MR) is 51.2 cm³/mol. The van der Waals surface area contributed by atoms with Gasteiger partial charge in [0.1, 0.15) is 0 Å². The standard InChI is InChI=1S/C10H7N4.2ClH.Hf/c1-2-4-9-6-10(5-8(9)3-1)14-12-7-11-13-14;;;/h1-7H;2*1H;/q;;;+2/p-2. The minimum atomic E-state index is 0. The van der Waals surface area contributed by atoms with Gasteiger partial charge in [-0.25, -0.2) is 0 Å². The molecule has 0 aliphatic heterocycles. The summed E-state index contributed by atoms with van der Waals surface area (Å²) < 4.78 is 0.468. The summed E-state index contributed by atoms with van der Waals surface area (Å²) in [6.45, 7) is 0. The summed E-state index contributed by atoms with van der Waals surface area (Å²) in [7, 11) is 0. The second-order valence-corrected chi connectivity index (χ2v) is 5.43. The Balaban J connectivity index is 0.000000722. The summed E-state index contributed by atoms with van der Waals surface area (Å²) in [6, 6.07) is 8.44. The van der Waals surface area contributed by atoms with Gasteiger partial charge in [0.2, 0.25) is 0 Å². The third kappa shape index (κ3) is 2.51. The van der Waals surface area contributed by atoms with E-state index in [1.54, 1.807) is 4.80 Å². The average molecular weight is 433 g/mol. The van der Waals surface area contributed by atoms with Gasteiger partial charge in [0, 0.05) is 0 Å². The van der Waals surface area contributed by atoms with Crippen LogP contribution in [0.15, 0.2) is 30.6 Å². The molecule has 7 heteroatoms. The van der Waals surface area contributed by atoms with Gasteiger partial charge in [0.05, 0.1) is 0 Å². The molecule has 1 aliphatic carbocycles. The molecule has 0 spiro atoms. The first kappa shape index (κ1) is 14.5. The Morgan fingerprint density at radius 1 is 1.18 bits per heavy atom. The van der Waals surface area contributed by atoms with Crippen LogP contribution in [0, 0.1) is 0 Å². The van der Waals surface area contributed by atoms with E-state index in [1.807, 2.05) is 0 Å². The molecule has 0 bridgehead atoms. The zero-order valence-electron chi connectivity index (χ0n) is 8.59. The first-order valence-corrected chi connectivity index (χ1v) is 6.68. The van der Waals surface area contributed by atoms with E-state index in [2.05, 4.69) is 45.8 Å². The quantitative estimate of drug-likeness (QED) is 0.426. The summed E-state index contributed by atoms with van der Waals surface area (Å²) in [6.07, 6.45) is 3.62. The Morgan fingerprint density at radius 2 is 1.94 bits per heavy atom. The number of rotatable bonds is 1. The zero-order valence-corrected chi connectivity index (χ0v) is 13.7. The maximum absolute atomic E-state index is 4.08. The van der Waals surface area contributed by atoms with Crippen LogP contribution < -0.4 is 24.8 Å². The normalized spacial score (nSPS) is 16.6. The molecule has 0 fully saturated rings. The van der Waals surface area contributed by atoms with E-state index in [9.17, 15) is 0 Å². The molecule has 1 atom stereocenters. The molecule has 1 heterocycles. The van der Waals surface area contributed by atoms with Crippen LogP contribution in [0.4, 0.5) is 0 Å². The van der Waals surface area contributed by atoms with Crippen LogP contribution in [0.2, 0.25) is 0 Å². The van der Waals surface area contributed by atoms with Gasteiger partial charge >= 0.3 is 102 Å². The van der Waals surface area contributed by atoms with Crippen LogP contribution >= 0.6 is 0 Å². The van der Waals surface area contributed by atoms with Crippen molar-refractivity contribution in [2.75, 3.05) is 0 Å². The second-order valence-electron chi connectivity index (χ2n) is 3.36. The van der Waals surface area contributed by atoms with Crippen molar-refractivity contribution in [1.29, 1.82) is 0 Å². The molecule has 4 nitrogen and oxygen atoms in total. The molecule has 85 valence electrons. The van der Waals surface area contributed by atoms with E-state index < -0.39 is 0 Å². The fourth-order valence-corrected chi connectivity index (χ4v) is 3.42. The van der Waals surface area contributed by atoms with Crippen LogP contribution in [-0.2, 0) is 24.4 Å².